The van der Waals surface area contributed by atoms with Gasteiger partial charge >= 0.3 is 5.69 Å². The minimum Gasteiger partial charge on any atom is -0.348 e. The van der Waals surface area contributed by atoms with Crippen molar-refractivity contribution >= 4 is 16.9 Å². The first-order valence-electron chi connectivity index (χ1n) is 7.14. The fraction of sp³-hybridized carbons (Fsp3) is 0.467. The lowest BCUT2D eigenvalue weighted by atomic mass is 10.0. The van der Waals surface area contributed by atoms with Gasteiger partial charge in [-0.2, -0.15) is 0 Å². The Morgan fingerprint density at radius 2 is 1.90 bits per heavy atom. The maximum absolute atomic E-state index is 12.0. The topological polar surface area (TPSA) is 104 Å². The number of hydrogen-bond donors (Lipinski definition) is 4. The maximum atomic E-state index is 12.0. The number of nitrogens with two attached hydrogens (primary N) is 1. The molecule has 6 nitrogen and oxygen atoms in total. The molecule has 21 heavy (non-hydrogen) atoms. The van der Waals surface area contributed by atoms with Crippen LogP contribution in [0, 0.1) is 5.92 Å². The van der Waals surface area contributed by atoms with Gasteiger partial charge < -0.3 is 21.0 Å². The highest BCUT2D eigenvalue weighted by molar-refractivity contribution is 5.82. The molecule has 2 aromatic rings. The number of carbonyl (C=O) groups is 1. The molecule has 2 atom stereocenters. The van der Waals surface area contributed by atoms with Gasteiger partial charge in [-0.1, -0.05) is 19.9 Å². The molecule has 114 valence electrons. The molecule has 1 aromatic carbocycles. The number of imidazole rings is 1. The number of hydrogen-bond acceptors (Lipinski definition) is 3. The van der Waals surface area contributed by atoms with E-state index in [1.807, 2.05) is 39.0 Å². The summed E-state index contributed by atoms with van der Waals surface area (Å²) in [5.41, 5.74) is 8.03. The molecule has 2 rings (SSSR count). The number of rotatable bonds is 5. The Labute approximate surface area is 123 Å². The first-order valence-corrected chi connectivity index (χ1v) is 7.14. The molecule has 0 aliphatic rings. The van der Waals surface area contributed by atoms with E-state index in [9.17, 15) is 9.59 Å². The lowest BCUT2D eigenvalue weighted by Gasteiger charge is -2.19. The Morgan fingerprint density at radius 3 is 2.57 bits per heavy atom. The fourth-order valence-corrected chi connectivity index (χ4v) is 2.34. The standard InChI is InChI=1S/C15H22N4O2/c1-8(2)6-11(16)14(20)17-9(3)10-4-5-12-13(7-10)19-15(21)18-12/h4-5,7-9,11H,6,16H2,1-3H3,(H,17,20)(H2,18,19,21). The molecule has 0 saturated carbocycles. The Morgan fingerprint density at radius 1 is 1.24 bits per heavy atom. The normalized spacial score (nSPS) is 14.3. The zero-order valence-corrected chi connectivity index (χ0v) is 12.6. The van der Waals surface area contributed by atoms with Crippen LogP contribution in [-0.4, -0.2) is 21.9 Å². The van der Waals surface area contributed by atoms with Gasteiger partial charge in [-0.05, 0) is 37.0 Å². The van der Waals surface area contributed by atoms with Crippen LogP contribution in [0.5, 0.6) is 0 Å². The van der Waals surface area contributed by atoms with Gasteiger partial charge in [0.15, 0.2) is 0 Å². The predicted octanol–water partition coefficient (Wildman–Crippen LogP) is 1.41. The highest BCUT2D eigenvalue weighted by atomic mass is 16.2. The molecule has 2 unspecified atom stereocenters. The van der Waals surface area contributed by atoms with Crippen molar-refractivity contribution in [1.82, 2.24) is 15.3 Å². The third-order valence-electron chi connectivity index (χ3n) is 3.46. The second-order valence-corrected chi connectivity index (χ2v) is 5.85. The Bertz CT molecular complexity index is 686. The van der Waals surface area contributed by atoms with Gasteiger partial charge in [0.2, 0.25) is 5.91 Å². The molecule has 0 spiro atoms. The van der Waals surface area contributed by atoms with Gasteiger partial charge in [0, 0.05) is 0 Å². The number of nitrogens with one attached hydrogen (secondary N) is 3. The van der Waals surface area contributed by atoms with Crippen LogP contribution in [0.1, 0.15) is 38.8 Å². The van der Waals surface area contributed by atoms with Crippen molar-refractivity contribution in [3.05, 3.63) is 34.2 Å². The number of amides is 1. The quantitative estimate of drug-likeness (QED) is 0.669. The van der Waals surface area contributed by atoms with Crippen LogP contribution in [-0.2, 0) is 4.79 Å². The molecule has 5 N–H and O–H groups in total. The molecule has 1 amide bonds. The highest BCUT2D eigenvalue weighted by Crippen LogP contribution is 2.17. The summed E-state index contributed by atoms with van der Waals surface area (Å²) in [6.07, 6.45) is 0.655. The van der Waals surface area contributed by atoms with Crippen molar-refractivity contribution in [3.63, 3.8) is 0 Å². The van der Waals surface area contributed by atoms with Gasteiger partial charge in [0.05, 0.1) is 23.1 Å². The number of aromatic nitrogens is 2. The average molecular weight is 290 g/mol. The summed E-state index contributed by atoms with van der Waals surface area (Å²) in [5, 5.41) is 2.91. The summed E-state index contributed by atoms with van der Waals surface area (Å²) >= 11 is 0. The summed E-state index contributed by atoms with van der Waals surface area (Å²) in [6, 6.07) is 4.89. The molecule has 1 heterocycles. The van der Waals surface area contributed by atoms with E-state index in [4.69, 9.17) is 5.73 Å². The monoisotopic (exact) mass is 290 g/mol. The number of benzene rings is 1. The summed E-state index contributed by atoms with van der Waals surface area (Å²) in [6.45, 7) is 5.96. The second kappa shape index (κ2) is 6.13. The molecule has 0 saturated heterocycles. The van der Waals surface area contributed by atoms with Gasteiger partial charge in [0.1, 0.15) is 0 Å². The van der Waals surface area contributed by atoms with Gasteiger partial charge in [-0.3, -0.25) is 4.79 Å². The average Bonchev–Trinajstić information content (AvgIpc) is 2.76. The van der Waals surface area contributed by atoms with Crippen molar-refractivity contribution < 1.29 is 4.79 Å². The van der Waals surface area contributed by atoms with Crippen molar-refractivity contribution in [1.29, 1.82) is 0 Å². The van der Waals surface area contributed by atoms with Crippen LogP contribution in [0.25, 0.3) is 11.0 Å². The van der Waals surface area contributed by atoms with Crippen molar-refractivity contribution in [2.45, 2.75) is 39.3 Å². The lowest BCUT2D eigenvalue weighted by Crippen LogP contribution is -2.42. The maximum Gasteiger partial charge on any atom is 0.323 e. The van der Waals surface area contributed by atoms with E-state index in [0.717, 1.165) is 16.6 Å². The molecular formula is C15H22N4O2. The second-order valence-electron chi connectivity index (χ2n) is 5.85. The first-order chi connectivity index (χ1) is 9.86. The molecular weight excluding hydrogens is 268 g/mol. The summed E-state index contributed by atoms with van der Waals surface area (Å²) in [4.78, 5) is 28.7. The SMILES string of the molecule is CC(C)CC(N)C(=O)NC(C)c1ccc2[nH]c(=O)[nH]c2c1. The molecule has 0 fully saturated rings. The Hall–Kier alpha value is -2.08. The molecule has 0 aliphatic carbocycles. The van der Waals surface area contributed by atoms with Crippen LogP contribution >= 0.6 is 0 Å². The third-order valence-corrected chi connectivity index (χ3v) is 3.46. The molecule has 6 heteroatoms. The fourth-order valence-electron chi connectivity index (χ4n) is 2.34. The molecule has 1 aromatic heterocycles. The van der Waals surface area contributed by atoms with E-state index < -0.39 is 6.04 Å². The summed E-state index contributed by atoms with van der Waals surface area (Å²) in [7, 11) is 0. The Kier molecular flexibility index (Phi) is 4.47. The van der Waals surface area contributed by atoms with Crippen molar-refractivity contribution in [2.24, 2.45) is 11.7 Å². The number of carbonyl (C=O) groups excluding carboxylic acids is 1. The molecule has 0 aliphatic heterocycles. The highest BCUT2D eigenvalue weighted by Gasteiger charge is 2.18. The van der Waals surface area contributed by atoms with E-state index in [1.54, 1.807) is 0 Å². The molecule has 0 bridgehead atoms. The summed E-state index contributed by atoms with van der Waals surface area (Å²) < 4.78 is 0. The first kappa shape index (κ1) is 15.3. The van der Waals surface area contributed by atoms with Crippen molar-refractivity contribution in [2.75, 3.05) is 0 Å². The zero-order valence-electron chi connectivity index (χ0n) is 12.6. The number of aromatic amines is 2. The van der Waals surface area contributed by atoms with Gasteiger partial charge in [-0.25, -0.2) is 4.79 Å². The smallest absolute Gasteiger partial charge is 0.323 e. The van der Waals surface area contributed by atoms with Gasteiger partial charge in [-0.15, -0.1) is 0 Å². The van der Waals surface area contributed by atoms with E-state index in [-0.39, 0.29) is 17.6 Å². The summed E-state index contributed by atoms with van der Waals surface area (Å²) in [5.74, 6) is 0.223. The minimum absolute atomic E-state index is 0.154. The van der Waals surface area contributed by atoms with Crippen LogP contribution in [0.4, 0.5) is 0 Å². The van der Waals surface area contributed by atoms with E-state index in [1.165, 1.54) is 0 Å². The van der Waals surface area contributed by atoms with Crippen LogP contribution < -0.4 is 16.7 Å². The zero-order chi connectivity index (χ0) is 15.6. The van der Waals surface area contributed by atoms with E-state index in [0.29, 0.717) is 12.3 Å². The lowest BCUT2D eigenvalue weighted by molar-refractivity contribution is -0.123. The third kappa shape index (κ3) is 3.72. The van der Waals surface area contributed by atoms with E-state index >= 15 is 0 Å². The van der Waals surface area contributed by atoms with Crippen molar-refractivity contribution in [3.8, 4) is 0 Å². The van der Waals surface area contributed by atoms with Gasteiger partial charge in [0.25, 0.3) is 0 Å². The number of H-pyrrole nitrogens is 2. The predicted molar refractivity (Wildman–Crippen MR) is 82.9 cm³/mol. The largest absolute Gasteiger partial charge is 0.348 e. The number of fused-ring (bicyclic) bond motifs is 1. The van der Waals surface area contributed by atoms with Crippen LogP contribution in [0.3, 0.4) is 0 Å². The van der Waals surface area contributed by atoms with Crippen LogP contribution in [0.15, 0.2) is 23.0 Å². The molecule has 0 radical (unpaired) electrons. The Balaban J connectivity index is 2.09. The van der Waals surface area contributed by atoms with Crippen LogP contribution in [0.2, 0.25) is 0 Å². The van der Waals surface area contributed by atoms with E-state index in [2.05, 4.69) is 15.3 Å². The minimum atomic E-state index is -0.497.